The van der Waals surface area contributed by atoms with Crippen molar-refractivity contribution in [3.63, 3.8) is 0 Å². The molecule has 1 fully saturated rings. The maximum absolute atomic E-state index is 13.1. The Bertz CT molecular complexity index is 959. The number of aryl methyl sites for hydroxylation is 1. The Morgan fingerprint density at radius 1 is 1.29 bits per heavy atom. The van der Waals surface area contributed by atoms with Crippen molar-refractivity contribution in [1.29, 1.82) is 0 Å². The van der Waals surface area contributed by atoms with Gasteiger partial charge in [-0.15, -0.1) is 0 Å². The van der Waals surface area contributed by atoms with E-state index in [1.165, 1.54) is 12.1 Å². The molecule has 4 rings (SSSR count). The summed E-state index contributed by atoms with van der Waals surface area (Å²) in [6, 6.07) is 9.32. The molecule has 0 N–H and O–H groups in total. The van der Waals surface area contributed by atoms with Crippen molar-refractivity contribution in [2.24, 2.45) is 0 Å². The highest BCUT2D eigenvalue weighted by atomic mass is 19.1. The number of likely N-dealkylation sites (tertiary alicyclic amines) is 1. The van der Waals surface area contributed by atoms with Crippen molar-refractivity contribution in [2.75, 3.05) is 13.1 Å². The fourth-order valence-electron chi connectivity index (χ4n) is 3.25. The van der Waals surface area contributed by atoms with E-state index >= 15 is 0 Å². The van der Waals surface area contributed by atoms with E-state index in [0.29, 0.717) is 30.5 Å². The summed E-state index contributed by atoms with van der Waals surface area (Å²) >= 11 is 0. The Labute approximate surface area is 161 Å². The predicted molar refractivity (Wildman–Crippen MR) is 99.4 cm³/mol. The van der Waals surface area contributed by atoms with Crippen LogP contribution in [0.4, 0.5) is 4.39 Å². The van der Waals surface area contributed by atoms with Crippen molar-refractivity contribution in [2.45, 2.75) is 25.8 Å². The number of benzene rings is 1. The number of carbonyl (C=O) groups is 1. The maximum atomic E-state index is 13.1. The standard InChI is InChI=1S/C20H20FN5O2/c1-14-11-18(28-17-5-3-16(21)4-6-17)24-20(23-14)15-7-10-25(12-15)19(27)13-26-9-2-8-22-26/h2-6,8-9,11,15H,7,10,12-13H2,1H3. The van der Waals surface area contributed by atoms with Crippen LogP contribution in [0.5, 0.6) is 11.6 Å². The minimum atomic E-state index is -0.322. The van der Waals surface area contributed by atoms with Gasteiger partial charge >= 0.3 is 0 Å². The number of hydrogen-bond donors (Lipinski definition) is 0. The van der Waals surface area contributed by atoms with E-state index in [1.807, 2.05) is 11.8 Å². The van der Waals surface area contributed by atoms with Crippen molar-refractivity contribution in [3.05, 3.63) is 66.1 Å². The highest BCUT2D eigenvalue weighted by Crippen LogP contribution is 2.28. The lowest BCUT2D eigenvalue weighted by Gasteiger charge is -2.16. The zero-order chi connectivity index (χ0) is 19.5. The van der Waals surface area contributed by atoms with Crippen LogP contribution in [0.1, 0.15) is 23.9 Å². The lowest BCUT2D eigenvalue weighted by molar-refractivity contribution is -0.131. The third kappa shape index (κ3) is 4.16. The molecule has 1 atom stereocenters. The number of aromatic nitrogens is 4. The fourth-order valence-corrected chi connectivity index (χ4v) is 3.25. The molecule has 144 valence electrons. The molecule has 1 aliphatic rings. The van der Waals surface area contributed by atoms with Gasteiger partial charge in [0.15, 0.2) is 0 Å². The summed E-state index contributed by atoms with van der Waals surface area (Å²) in [5.41, 5.74) is 0.781. The molecular formula is C20H20FN5O2. The van der Waals surface area contributed by atoms with Gasteiger partial charge in [0, 0.05) is 43.2 Å². The normalized spacial score (nSPS) is 16.4. The smallest absolute Gasteiger partial charge is 0.244 e. The minimum absolute atomic E-state index is 0.0293. The van der Waals surface area contributed by atoms with Crippen molar-refractivity contribution < 1.29 is 13.9 Å². The van der Waals surface area contributed by atoms with Gasteiger partial charge in [-0.1, -0.05) is 0 Å². The number of rotatable bonds is 5. The van der Waals surface area contributed by atoms with E-state index in [-0.39, 0.29) is 24.2 Å². The SMILES string of the molecule is Cc1cc(Oc2ccc(F)cc2)nc(C2CCN(C(=O)Cn3cccn3)C2)n1. The predicted octanol–water partition coefficient (Wildman–Crippen LogP) is 2.93. The summed E-state index contributed by atoms with van der Waals surface area (Å²) in [5, 5.41) is 4.08. The van der Waals surface area contributed by atoms with Crippen LogP contribution in [0.15, 0.2) is 48.8 Å². The molecule has 0 saturated carbocycles. The molecule has 3 heterocycles. The average molecular weight is 381 g/mol. The van der Waals surface area contributed by atoms with E-state index < -0.39 is 0 Å². The third-order valence-electron chi connectivity index (χ3n) is 4.65. The van der Waals surface area contributed by atoms with Gasteiger partial charge in [0.05, 0.1) is 0 Å². The molecule has 28 heavy (non-hydrogen) atoms. The summed E-state index contributed by atoms with van der Waals surface area (Å²) < 4.78 is 20.4. The molecule has 8 heteroatoms. The second kappa shape index (κ2) is 7.75. The third-order valence-corrected chi connectivity index (χ3v) is 4.65. The molecular weight excluding hydrogens is 361 g/mol. The molecule has 1 unspecified atom stereocenters. The number of carbonyl (C=O) groups excluding carboxylic acids is 1. The molecule has 7 nitrogen and oxygen atoms in total. The lowest BCUT2D eigenvalue weighted by atomic mass is 10.1. The van der Waals surface area contributed by atoms with Gasteiger partial charge in [0.1, 0.15) is 23.9 Å². The lowest BCUT2D eigenvalue weighted by Crippen LogP contribution is -2.32. The fraction of sp³-hybridized carbons (Fsp3) is 0.300. The van der Waals surface area contributed by atoms with Crippen LogP contribution < -0.4 is 4.74 Å². The van der Waals surface area contributed by atoms with Gasteiger partial charge in [-0.05, 0) is 43.7 Å². The molecule has 1 saturated heterocycles. The minimum Gasteiger partial charge on any atom is -0.439 e. The van der Waals surface area contributed by atoms with Gasteiger partial charge < -0.3 is 9.64 Å². The van der Waals surface area contributed by atoms with E-state index in [1.54, 1.807) is 41.3 Å². The number of ether oxygens (including phenoxy) is 1. The van der Waals surface area contributed by atoms with Crippen LogP contribution >= 0.6 is 0 Å². The number of amides is 1. The molecule has 1 aliphatic heterocycles. The molecule has 0 aliphatic carbocycles. The Balaban J connectivity index is 1.44. The summed E-state index contributed by atoms with van der Waals surface area (Å²) in [4.78, 5) is 23.3. The molecule has 2 aromatic heterocycles. The van der Waals surface area contributed by atoms with Gasteiger partial charge in [0.25, 0.3) is 0 Å². The Hall–Kier alpha value is -3.29. The Morgan fingerprint density at radius 3 is 2.86 bits per heavy atom. The van der Waals surface area contributed by atoms with Crippen LogP contribution in [0.2, 0.25) is 0 Å². The highest BCUT2D eigenvalue weighted by molar-refractivity contribution is 5.76. The summed E-state index contributed by atoms with van der Waals surface area (Å²) in [7, 11) is 0. The average Bonchev–Trinajstić information content (AvgIpc) is 3.35. The number of hydrogen-bond acceptors (Lipinski definition) is 5. The Morgan fingerprint density at radius 2 is 2.11 bits per heavy atom. The molecule has 0 radical (unpaired) electrons. The largest absolute Gasteiger partial charge is 0.439 e. The molecule has 1 aromatic carbocycles. The van der Waals surface area contributed by atoms with Crippen molar-refractivity contribution in [1.82, 2.24) is 24.6 Å². The second-order valence-corrected chi connectivity index (χ2v) is 6.79. The molecule has 0 spiro atoms. The van der Waals surface area contributed by atoms with Crippen molar-refractivity contribution >= 4 is 5.91 Å². The van der Waals surface area contributed by atoms with Gasteiger partial charge in [-0.25, -0.2) is 9.37 Å². The first-order chi connectivity index (χ1) is 13.6. The molecule has 1 amide bonds. The highest BCUT2D eigenvalue weighted by Gasteiger charge is 2.29. The maximum Gasteiger partial charge on any atom is 0.244 e. The van der Waals surface area contributed by atoms with E-state index in [4.69, 9.17) is 4.74 Å². The van der Waals surface area contributed by atoms with Crippen molar-refractivity contribution in [3.8, 4) is 11.6 Å². The quantitative estimate of drug-likeness (QED) is 0.679. The zero-order valence-electron chi connectivity index (χ0n) is 15.5. The summed E-state index contributed by atoms with van der Waals surface area (Å²) in [5.74, 6) is 1.34. The van der Waals surface area contributed by atoms with Gasteiger partial charge in [-0.3, -0.25) is 9.48 Å². The van der Waals surface area contributed by atoms with E-state index in [2.05, 4.69) is 15.1 Å². The first kappa shape index (κ1) is 18.1. The molecule has 0 bridgehead atoms. The number of halogens is 1. The van der Waals surface area contributed by atoms with Crippen LogP contribution in [0.3, 0.4) is 0 Å². The van der Waals surface area contributed by atoms with E-state index in [9.17, 15) is 9.18 Å². The molecule has 3 aromatic rings. The van der Waals surface area contributed by atoms with Gasteiger partial charge in [-0.2, -0.15) is 10.1 Å². The number of nitrogens with zero attached hydrogens (tertiary/aromatic N) is 5. The first-order valence-corrected chi connectivity index (χ1v) is 9.11. The van der Waals surface area contributed by atoms with Crippen LogP contribution in [0.25, 0.3) is 0 Å². The Kier molecular flexibility index (Phi) is 5.01. The van der Waals surface area contributed by atoms with Crippen LogP contribution in [-0.4, -0.2) is 43.6 Å². The summed E-state index contributed by atoms with van der Waals surface area (Å²) in [6.45, 7) is 3.33. The van der Waals surface area contributed by atoms with Crippen LogP contribution in [-0.2, 0) is 11.3 Å². The van der Waals surface area contributed by atoms with Gasteiger partial charge in [0.2, 0.25) is 11.8 Å². The van der Waals surface area contributed by atoms with Crippen LogP contribution in [0, 0.1) is 12.7 Å². The summed E-state index contributed by atoms with van der Waals surface area (Å²) in [6.07, 6.45) is 4.22. The second-order valence-electron chi connectivity index (χ2n) is 6.79. The topological polar surface area (TPSA) is 73.1 Å². The first-order valence-electron chi connectivity index (χ1n) is 9.11. The monoisotopic (exact) mass is 381 g/mol. The zero-order valence-corrected chi connectivity index (χ0v) is 15.5. The van der Waals surface area contributed by atoms with E-state index in [0.717, 1.165) is 12.1 Å².